The molecule has 0 aliphatic carbocycles. The van der Waals surface area contributed by atoms with E-state index in [0.29, 0.717) is 19.8 Å². The first-order chi connectivity index (χ1) is 14.6. The summed E-state index contributed by atoms with van der Waals surface area (Å²) < 4.78 is 18.7. The molecule has 1 atom stereocenters. The van der Waals surface area contributed by atoms with E-state index in [-0.39, 0.29) is 5.41 Å². The highest BCUT2D eigenvalue weighted by Gasteiger charge is 2.51. The van der Waals surface area contributed by atoms with Gasteiger partial charge in [0.2, 0.25) is 0 Å². The summed E-state index contributed by atoms with van der Waals surface area (Å²) in [4.78, 5) is 0. The number of rotatable bonds is 23. The summed E-state index contributed by atoms with van der Waals surface area (Å²) in [6, 6.07) is 0. The normalized spacial score (nSPS) is 14.2. The third-order valence-corrected chi connectivity index (χ3v) is 6.41. The average Bonchev–Trinajstić information content (AvgIpc) is 2.73. The van der Waals surface area contributed by atoms with E-state index < -0.39 is 5.97 Å². The Hall–Kier alpha value is -0.120. The lowest BCUT2D eigenvalue weighted by Crippen LogP contribution is -2.53. The predicted octanol–water partition coefficient (Wildman–Crippen LogP) is 9.04. The fraction of sp³-hybridized carbons (Fsp3) is 1.00. The second-order valence-electron chi connectivity index (χ2n) is 9.16. The van der Waals surface area contributed by atoms with Crippen molar-refractivity contribution in [2.24, 2.45) is 5.41 Å². The number of hydrogen-bond donors (Lipinski definition) is 0. The van der Waals surface area contributed by atoms with E-state index in [1.807, 2.05) is 20.8 Å². The van der Waals surface area contributed by atoms with Crippen LogP contribution in [0.25, 0.3) is 0 Å². The molecule has 0 saturated heterocycles. The van der Waals surface area contributed by atoms with Crippen LogP contribution in [0.15, 0.2) is 0 Å². The summed E-state index contributed by atoms with van der Waals surface area (Å²) in [6.07, 6.45) is 20.9. The number of hydrogen-bond acceptors (Lipinski definition) is 3. The molecule has 0 aromatic heterocycles. The molecular weight excluding hydrogens is 372 g/mol. The van der Waals surface area contributed by atoms with Gasteiger partial charge in [0.15, 0.2) is 0 Å². The minimum Gasteiger partial charge on any atom is -0.327 e. The molecule has 0 heterocycles. The predicted molar refractivity (Wildman–Crippen MR) is 131 cm³/mol. The summed E-state index contributed by atoms with van der Waals surface area (Å²) in [5.41, 5.74) is -0.109. The smallest absolute Gasteiger partial charge is 0.288 e. The van der Waals surface area contributed by atoms with E-state index in [9.17, 15) is 0 Å². The molecule has 0 aromatic rings. The highest BCUT2D eigenvalue weighted by molar-refractivity contribution is 4.85. The van der Waals surface area contributed by atoms with E-state index in [4.69, 9.17) is 14.2 Å². The van der Waals surface area contributed by atoms with Crippen LogP contribution in [0, 0.1) is 5.41 Å². The molecule has 0 aliphatic heterocycles. The van der Waals surface area contributed by atoms with Crippen molar-refractivity contribution in [2.45, 2.75) is 150 Å². The van der Waals surface area contributed by atoms with E-state index in [1.165, 1.54) is 89.9 Å². The Bertz CT molecular complexity index is 341. The zero-order valence-electron chi connectivity index (χ0n) is 21.7. The first-order valence-corrected chi connectivity index (χ1v) is 13.5. The van der Waals surface area contributed by atoms with Gasteiger partial charge in [-0.1, -0.05) is 111 Å². The summed E-state index contributed by atoms with van der Waals surface area (Å²) in [5.74, 6) is -0.907. The average molecular weight is 429 g/mol. The topological polar surface area (TPSA) is 27.7 Å². The van der Waals surface area contributed by atoms with Gasteiger partial charge >= 0.3 is 0 Å². The first kappa shape index (κ1) is 29.9. The molecule has 0 aliphatic rings. The van der Waals surface area contributed by atoms with Gasteiger partial charge in [0, 0.05) is 25.2 Å². The molecule has 0 N–H and O–H groups in total. The molecule has 182 valence electrons. The third-order valence-electron chi connectivity index (χ3n) is 6.41. The summed E-state index contributed by atoms with van der Waals surface area (Å²) >= 11 is 0. The Morgan fingerprint density at radius 2 is 0.733 bits per heavy atom. The zero-order chi connectivity index (χ0) is 22.6. The Labute approximate surface area is 190 Å². The highest BCUT2D eigenvalue weighted by Crippen LogP contribution is 2.45. The zero-order valence-corrected chi connectivity index (χ0v) is 21.7. The maximum Gasteiger partial charge on any atom is 0.288 e. The van der Waals surface area contributed by atoms with Crippen LogP contribution in [0.4, 0.5) is 0 Å². The number of unbranched alkanes of at least 4 members (excludes halogenated alkanes) is 12. The Balaban J connectivity index is 4.90. The van der Waals surface area contributed by atoms with Gasteiger partial charge < -0.3 is 14.2 Å². The summed E-state index contributed by atoms with van der Waals surface area (Å²) in [6.45, 7) is 14.9. The van der Waals surface area contributed by atoms with Gasteiger partial charge in [0.25, 0.3) is 5.97 Å². The van der Waals surface area contributed by atoms with Gasteiger partial charge in [-0.05, 0) is 33.6 Å². The molecule has 0 amide bonds. The summed E-state index contributed by atoms with van der Waals surface area (Å²) in [5, 5.41) is 0. The minimum absolute atomic E-state index is 0.109. The van der Waals surface area contributed by atoms with Crippen LogP contribution >= 0.6 is 0 Å². The van der Waals surface area contributed by atoms with E-state index in [0.717, 1.165) is 12.8 Å². The Kier molecular flexibility index (Phi) is 19.5. The standard InChI is InChI=1S/C27H56O3/c1-7-12-14-16-18-19-21-23-25-26(6,24-22-20-17-15-13-8-2)27(28-9-3,29-10-4)30-11-5/h7-25H2,1-6H3. The Morgan fingerprint density at radius 3 is 1.03 bits per heavy atom. The molecule has 0 bridgehead atoms. The second-order valence-corrected chi connectivity index (χ2v) is 9.16. The molecule has 0 radical (unpaired) electrons. The van der Waals surface area contributed by atoms with Gasteiger partial charge in [-0.15, -0.1) is 0 Å². The Morgan fingerprint density at radius 1 is 0.433 bits per heavy atom. The maximum absolute atomic E-state index is 6.25. The van der Waals surface area contributed by atoms with Gasteiger partial charge in [-0.25, -0.2) is 0 Å². The van der Waals surface area contributed by atoms with Crippen LogP contribution in [0.1, 0.15) is 144 Å². The number of ether oxygens (including phenoxy) is 3. The lowest BCUT2D eigenvalue weighted by molar-refractivity contribution is -0.427. The third kappa shape index (κ3) is 12.1. The highest BCUT2D eigenvalue weighted by atomic mass is 16.9. The molecule has 0 aromatic carbocycles. The van der Waals surface area contributed by atoms with E-state index in [2.05, 4.69) is 20.8 Å². The van der Waals surface area contributed by atoms with Crippen molar-refractivity contribution in [2.75, 3.05) is 19.8 Å². The lowest BCUT2D eigenvalue weighted by atomic mass is 9.76. The maximum atomic E-state index is 6.25. The fourth-order valence-electron chi connectivity index (χ4n) is 4.59. The molecule has 0 spiro atoms. The largest absolute Gasteiger partial charge is 0.327 e. The van der Waals surface area contributed by atoms with Gasteiger partial charge in [-0.3, -0.25) is 0 Å². The van der Waals surface area contributed by atoms with Crippen molar-refractivity contribution in [3.8, 4) is 0 Å². The molecule has 0 rings (SSSR count). The van der Waals surface area contributed by atoms with Crippen molar-refractivity contribution in [3.63, 3.8) is 0 Å². The first-order valence-electron chi connectivity index (χ1n) is 13.5. The molecule has 0 saturated carbocycles. The van der Waals surface area contributed by atoms with E-state index >= 15 is 0 Å². The SMILES string of the molecule is CCCCCCCCCCC(C)(CCCCCCCC)C(OCC)(OCC)OCC. The monoisotopic (exact) mass is 428 g/mol. The summed E-state index contributed by atoms with van der Waals surface area (Å²) in [7, 11) is 0. The molecule has 3 nitrogen and oxygen atoms in total. The van der Waals surface area contributed by atoms with Crippen molar-refractivity contribution in [3.05, 3.63) is 0 Å². The fourth-order valence-corrected chi connectivity index (χ4v) is 4.59. The van der Waals surface area contributed by atoms with Crippen molar-refractivity contribution in [1.29, 1.82) is 0 Å². The van der Waals surface area contributed by atoms with Crippen LogP contribution in [0.3, 0.4) is 0 Å². The van der Waals surface area contributed by atoms with Crippen LogP contribution < -0.4 is 0 Å². The van der Waals surface area contributed by atoms with E-state index in [1.54, 1.807) is 0 Å². The quantitative estimate of drug-likeness (QED) is 0.120. The lowest BCUT2D eigenvalue weighted by Gasteiger charge is -2.47. The molecule has 0 fully saturated rings. The molecular formula is C27H56O3. The van der Waals surface area contributed by atoms with Crippen LogP contribution in [-0.4, -0.2) is 25.8 Å². The van der Waals surface area contributed by atoms with Crippen molar-refractivity contribution in [1.82, 2.24) is 0 Å². The van der Waals surface area contributed by atoms with Gasteiger partial charge in [-0.2, -0.15) is 0 Å². The van der Waals surface area contributed by atoms with Crippen LogP contribution in [0.5, 0.6) is 0 Å². The van der Waals surface area contributed by atoms with Crippen molar-refractivity contribution >= 4 is 0 Å². The molecule has 3 heteroatoms. The minimum atomic E-state index is -0.907. The van der Waals surface area contributed by atoms with Gasteiger partial charge in [0.05, 0.1) is 0 Å². The van der Waals surface area contributed by atoms with Crippen molar-refractivity contribution < 1.29 is 14.2 Å². The van der Waals surface area contributed by atoms with Gasteiger partial charge in [0.1, 0.15) is 0 Å². The van der Waals surface area contributed by atoms with Crippen LogP contribution in [-0.2, 0) is 14.2 Å². The second kappa shape index (κ2) is 19.6. The molecule has 1 unspecified atom stereocenters. The molecule has 30 heavy (non-hydrogen) atoms. The van der Waals surface area contributed by atoms with Crippen LogP contribution in [0.2, 0.25) is 0 Å².